The number of rotatable bonds is 2. The molecule has 1 aliphatic rings. The molecule has 1 aliphatic heterocycles. The quantitative estimate of drug-likeness (QED) is 0.608. The Balaban J connectivity index is 2.16. The Labute approximate surface area is 141 Å². The predicted octanol–water partition coefficient (Wildman–Crippen LogP) is 1.48. The van der Waals surface area contributed by atoms with Crippen molar-refractivity contribution in [3.8, 4) is 0 Å². The van der Waals surface area contributed by atoms with Gasteiger partial charge < -0.3 is 14.5 Å². The van der Waals surface area contributed by atoms with E-state index in [9.17, 15) is 14.4 Å². The molecule has 1 fully saturated rings. The molecular formula is C18H22N2O4. The van der Waals surface area contributed by atoms with Crippen LogP contribution in [0.25, 0.3) is 0 Å². The molecule has 0 bridgehead atoms. The lowest BCUT2D eigenvalue weighted by Crippen LogP contribution is -2.49. The van der Waals surface area contributed by atoms with Gasteiger partial charge in [0.15, 0.2) is 0 Å². The van der Waals surface area contributed by atoms with Crippen molar-refractivity contribution in [1.29, 1.82) is 0 Å². The molecule has 0 aliphatic carbocycles. The first-order valence-electron chi connectivity index (χ1n) is 7.80. The van der Waals surface area contributed by atoms with Gasteiger partial charge in [-0.15, -0.1) is 0 Å². The van der Waals surface area contributed by atoms with Crippen LogP contribution in [-0.4, -0.2) is 59.9 Å². The van der Waals surface area contributed by atoms with Crippen molar-refractivity contribution in [3.05, 3.63) is 48.0 Å². The first-order valence-corrected chi connectivity index (χ1v) is 7.80. The largest absolute Gasteiger partial charge is 0.455 e. The minimum absolute atomic E-state index is 0.117. The summed E-state index contributed by atoms with van der Waals surface area (Å²) in [7, 11) is 0. The molecule has 1 aromatic carbocycles. The zero-order valence-electron chi connectivity index (χ0n) is 14.0. The number of hydrogen-bond donors (Lipinski definition) is 0. The van der Waals surface area contributed by atoms with Crippen molar-refractivity contribution in [1.82, 2.24) is 9.80 Å². The molecule has 24 heavy (non-hydrogen) atoms. The first-order chi connectivity index (χ1) is 11.4. The standard InChI is InChI=1S/C18H22N2O4/c1-13-9-19(14(2)21)11-17(12-20(10-13)15(3)22)24-18(23)16-7-5-4-6-8-16/h4-8,17H,1,9-12H2,2-3H3. The SMILES string of the molecule is C=C1CN(C(C)=O)CC(OC(=O)c2ccccc2)CN(C(C)=O)C1. The smallest absolute Gasteiger partial charge is 0.338 e. The van der Waals surface area contributed by atoms with Crippen LogP contribution in [0.3, 0.4) is 0 Å². The third-order valence-corrected chi connectivity index (χ3v) is 3.85. The number of ether oxygens (including phenoxy) is 1. The fourth-order valence-corrected chi connectivity index (χ4v) is 2.62. The van der Waals surface area contributed by atoms with E-state index in [-0.39, 0.29) is 24.9 Å². The lowest BCUT2D eigenvalue weighted by Gasteiger charge is -2.35. The van der Waals surface area contributed by atoms with Gasteiger partial charge >= 0.3 is 5.97 Å². The maximum atomic E-state index is 12.3. The van der Waals surface area contributed by atoms with Gasteiger partial charge in [0.25, 0.3) is 0 Å². The van der Waals surface area contributed by atoms with Crippen LogP contribution in [0.5, 0.6) is 0 Å². The van der Waals surface area contributed by atoms with Gasteiger partial charge in [-0.25, -0.2) is 4.79 Å². The molecule has 128 valence electrons. The van der Waals surface area contributed by atoms with Gasteiger partial charge in [0, 0.05) is 26.9 Å². The third-order valence-electron chi connectivity index (χ3n) is 3.85. The van der Waals surface area contributed by atoms with E-state index < -0.39 is 12.1 Å². The summed E-state index contributed by atoms with van der Waals surface area (Å²) in [5, 5.41) is 0. The Morgan fingerprint density at radius 2 is 1.50 bits per heavy atom. The monoisotopic (exact) mass is 330 g/mol. The van der Waals surface area contributed by atoms with Crippen LogP contribution >= 0.6 is 0 Å². The fourth-order valence-electron chi connectivity index (χ4n) is 2.62. The molecule has 0 unspecified atom stereocenters. The van der Waals surface area contributed by atoms with Crippen molar-refractivity contribution in [2.24, 2.45) is 0 Å². The highest BCUT2D eigenvalue weighted by molar-refractivity contribution is 5.89. The van der Waals surface area contributed by atoms with Crippen LogP contribution in [0.1, 0.15) is 24.2 Å². The summed E-state index contributed by atoms with van der Waals surface area (Å²) < 4.78 is 5.55. The lowest BCUT2D eigenvalue weighted by atomic mass is 10.1. The molecule has 0 aromatic heterocycles. The molecule has 6 heteroatoms. The van der Waals surface area contributed by atoms with Crippen molar-refractivity contribution < 1.29 is 19.1 Å². The minimum Gasteiger partial charge on any atom is -0.455 e. The highest BCUT2D eigenvalue weighted by atomic mass is 16.5. The molecule has 2 amide bonds. The number of benzene rings is 1. The summed E-state index contributed by atoms with van der Waals surface area (Å²) in [6.45, 7) is 8.01. The summed E-state index contributed by atoms with van der Waals surface area (Å²) in [5.74, 6) is -0.701. The van der Waals surface area contributed by atoms with E-state index in [1.54, 1.807) is 34.1 Å². The maximum absolute atomic E-state index is 12.3. The van der Waals surface area contributed by atoms with Gasteiger partial charge in [-0.1, -0.05) is 24.8 Å². The zero-order chi connectivity index (χ0) is 17.7. The number of amides is 2. The van der Waals surface area contributed by atoms with E-state index >= 15 is 0 Å². The highest BCUT2D eigenvalue weighted by Gasteiger charge is 2.27. The molecule has 1 aromatic rings. The molecule has 2 rings (SSSR count). The van der Waals surface area contributed by atoms with Crippen LogP contribution in [-0.2, 0) is 14.3 Å². The molecule has 0 N–H and O–H groups in total. The van der Waals surface area contributed by atoms with Crippen molar-refractivity contribution in [2.45, 2.75) is 20.0 Å². The Morgan fingerprint density at radius 3 is 1.96 bits per heavy atom. The van der Waals surface area contributed by atoms with Crippen LogP contribution in [0.4, 0.5) is 0 Å². The second-order valence-electron chi connectivity index (χ2n) is 5.94. The van der Waals surface area contributed by atoms with Gasteiger partial charge in [0.1, 0.15) is 6.10 Å². The van der Waals surface area contributed by atoms with Crippen molar-refractivity contribution in [3.63, 3.8) is 0 Å². The van der Waals surface area contributed by atoms with Crippen LogP contribution < -0.4 is 0 Å². The Hall–Kier alpha value is -2.63. The Kier molecular flexibility index (Phi) is 5.73. The van der Waals surface area contributed by atoms with Crippen molar-refractivity contribution >= 4 is 17.8 Å². The summed E-state index contributed by atoms with van der Waals surface area (Å²) in [5.41, 5.74) is 1.21. The van der Waals surface area contributed by atoms with E-state index in [0.29, 0.717) is 18.7 Å². The third kappa shape index (κ3) is 4.68. The van der Waals surface area contributed by atoms with E-state index in [0.717, 1.165) is 5.57 Å². The lowest BCUT2D eigenvalue weighted by molar-refractivity contribution is -0.133. The average molecular weight is 330 g/mol. The van der Waals surface area contributed by atoms with Gasteiger partial charge in [0.05, 0.1) is 18.7 Å². The fraction of sp³-hybridized carbons (Fsp3) is 0.389. The molecule has 0 saturated carbocycles. The number of carbonyl (C=O) groups is 3. The minimum atomic E-state index is -0.585. The van der Waals surface area contributed by atoms with Gasteiger partial charge in [-0.05, 0) is 17.7 Å². The van der Waals surface area contributed by atoms with E-state index in [4.69, 9.17) is 4.74 Å². The summed E-state index contributed by atoms with van der Waals surface area (Å²) >= 11 is 0. The molecule has 0 radical (unpaired) electrons. The van der Waals surface area contributed by atoms with Crippen LogP contribution in [0, 0.1) is 0 Å². The maximum Gasteiger partial charge on any atom is 0.338 e. The first kappa shape index (κ1) is 17.7. The molecule has 6 nitrogen and oxygen atoms in total. The number of nitrogens with zero attached hydrogens (tertiary/aromatic N) is 2. The second-order valence-corrected chi connectivity index (χ2v) is 5.94. The van der Waals surface area contributed by atoms with Gasteiger partial charge in [-0.2, -0.15) is 0 Å². The summed E-state index contributed by atoms with van der Waals surface area (Å²) in [6.07, 6.45) is -0.585. The van der Waals surface area contributed by atoms with E-state index in [1.165, 1.54) is 13.8 Å². The predicted molar refractivity (Wildman–Crippen MR) is 89.3 cm³/mol. The number of hydrogen-bond acceptors (Lipinski definition) is 4. The topological polar surface area (TPSA) is 66.9 Å². The Morgan fingerprint density at radius 1 is 1.00 bits per heavy atom. The van der Waals surface area contributed by atoms with Crippen molar-refractivity contribution in [2.75, 3.05) is 26.2 Å². The normalized spacial score (nSPS) is 16.3. The summed E-state index contributed by atoms with van der Waals surface area (Å²) in [4.78, 5) is 39.0. The summed E-state index contributed by atoms with van der Waals surface area (Å²) in [6, 6.07) is 8.65. The van der Waals surface area contributed by atoms with Gasteiger partial charge in [-0.3, -0.25) is 9.59 Å². The number of esters is 1. The highest BCUT2D eigenvalue weighted by Crippen LogP contribution is 2.13. The average Bonchev–Trinajstić information content (AvgIpc) is 2.52. The van der Waals surface area contributed by atoms with Crippen LogP contribution in [0.2, 0.25) is 0 Å². The van der Waals surface area contributed by atoms with E-state index in [1.807, 2.05) is 6.07 Å². The Bertz CT molecular complexity index is 614. The zero-order valence-corrected chi connectivity index (χ0v) is 14.0. The van der Waals surface area contributed by atoms with Gasteiger partial charge in [0.2, 0.25) is 11.8 Å². The van der Waals surface area contributed by atoms with E-state index in [2.05, 4.69) is 6.58 Å². The number of carbonyl (C=O) groups excluding carboxylic acids is 3. The molecule has 1 saturated heterocycles. The second kappa shape index (κ2) is 7.77. The molecule has 0 atom stereocenters. The molecular weight excluding hydrogens is 308 g/mol. The molecule has 0 spiro atoms. The van der Waals surface area contributed by atoms with Crippen LogP contribution in [0.15, 0.2) is 42.5 Å². The molecule has 1 heterocycles.